The van der Waals surface area contributed by atoms with Crippen LogP contribution in [0.2, 0.25) is 5.02 Å². The molecular weight excluding hydrogens is 400 g/mol. The number of carbonyl (C=O) groups is 2. The summed E-state index contributed by atoms with van der Waals surface area (Å²) in [5.41, 5.74) is 2.13. The first kappa shape index (κ1) is 23.7. The van der Waals surface area contributed by atoms with E-state index in [2.05, 4.69) is 26.1 Å². The monoisotopic (exact) mass is 430 g/mol. The van der Waals surface area contributed by atoms with Crippen LogP contribution in [-0.2, 0) is 21.5 Å². The quantitative estimate of drug-likeness (QED) is 0.667. The van der Waals surface area contributed by atoms with Gasteiger partial charge in [-0.25, -0.2) is 0 Å². The van der Waals surface area contributed by atoms with Crippen molar-refractivity contribution >= 4 is 23.4 Å². The number of ether oxygens (including phenoxy) is 1. The molecule has 2 aromatic carbocycles. The maximum atomic E-state index is 13.0. The van der Waals surface area contributed by atoms with Crippen LogP contribution < -0.4 is 10.1 Å². The minimum Gasteiger partial charge on any atom is -0.484 e. The molecule has 5 nitrogen and oxygen atoms in total. The van der Waals surface area contributed by atoms with Crippen molar-refractivity contribution in [2.24, 2.45) is 0 Å². The van der Waals surface area contributed by atoms with Crippen LogP contribution in [0.15, 0.2) is 48.5 Å². The van der Waals surface area contributed by atoms with Crippen molar-refractivity contribution in [3.63, 3.8) is 0 Å². The van der Waals surface area contributed by atoms with E-state index in [4.69, 9.17) is 16.3 Å². The molecule has 0 aliphatic heterocycles. The average Bonchev–Trinajstić information content (AvgIpc) is 2.71. The van der Waals surface area contributed by atoms with Gasteiger partial charge in [0.2, 0.25) is 5.91 Å². The smallest absolute Gasteiger partial charge is 0.261 e. The van der Waals surface area contributed by atoms with Crippen LogP contribution in [0.5, 0.6) is 5.75 Å². The Labute approximate surface area is 184 Å². The molecule has 0 aliphatic carbocycles. The lowest BCUT2D eigenvalue weighted by Gasteiger charge is -2.28. The van der Waals surface area contributed by atoms with Crippen molar-refractivity contribution in [3.05, 3.63) is 64.7 Å². The van der Waals surface area contributed by atoms with Gasteiger partial charge in [-0.2, -0.15) is 0 Å². The predicted molar refractivity (Wildman–Crippen MR) is 121 cm³/mol. The van der Waals surface area contributed by atoms with Crippen molar-refractivity contribution in [1.29, 1.82) is 0 Å². The Morgan fingerprint density at radius 1 is 1.07 bits per heavy atom. The molecule has 6 heteroatoms. The predicted octanol–water partition coefficient (Wildman–Crippen LogP) is 4.57. The van der Waals surface area contributed by atoms with E-state index in [9.17, 15) is 9.59 Å². The number of hydrogen-bond donors (Lipinski definition) is 1. The third-order valence-corrected chi connectivity index (χ3v) is 5.12. The van der Waals surface area contributed by atoms with Crippen molar-refractivity contribution in [1.82, 2.24) is 10.2 Å². The van der Waals surface area contributed by atoms with Gasteiger partial charge in [-0.15, -0.1) is 0 Å². The summed E-state index contributed by atoms with van der Waals surface area (Å²) in [5, 5.41) is 3.40. The fourth-order valence-electron chi connectivity index (χ4n) is 2.97. The third kappa shape index (κ3) is 6.77. The summed E-state index contributed by atoms with van der Waals surface area (Å²) < 4.78 is 5.72. The van der Waals surface area contributed by atoms with Crippen molar-refractivity contribution in [2.75, 3.05) is 13.2 Å². The minimum absolute atomic E-state index is 0.0474. The Hall–Kier alpha value is -2.53. The van der Waals surface area contributed by atoms with E-state index in [1.165, 1.54) is 10.5 Å². The van der Waals surface area contributed by atoms with Crippen LogP contribution >= 0.6 is 11.6 Å². The highest BCUT2D eigenvalue weighted by Gasteiger charge is 2.26. The van der Waals surface area contributed by atoms with E-state index in [1.807, 2.05) is 43.3 Å². The number of halogens is 1. The highest BCUT2D eigenvalue weighted by atomic mass is 35.5. The van der Waals surface area contributed by atoms with Crippen LogP contribution in [0, 0.1) is 0 Å². The van der Waals surface area contributed by atoms with E-state index in [1.54, 1.807) is 19.1 Å². The highest BCUT2D eigenvalue weighted by Crippen LogP contribution is 2.24. The summed E-state index contributed by atoms with van der Waals surface area (Å²) in [6, 6.07) is 14.3. The van der Waals surface area contributed by atoms with Gasteiger partial charge in [-0.05, 0) is 54.7 Å². The molecule has 0 saturated carbocycles. The van der Waals surface area contributed by atoms with Crippen molar-refractivity contribution < 1.29 is 14.3 Å². The fourth-order valence-corrected chi connectivity index (χ4v) is 3.10. The van der Waals surface area contributed by atoms with Crippen LogP contribution in [-0.4, -0.2) is 35.9 Å². The standard InChI is InChI=1S/C24H31ClN2O3/c1-6-26-23(29)17(2)27(15-18-7-11-20(25)12-8-18)22(28)16-30-21-13-9-19(10-14-21)24(3,4)5/h7-14,17H,6,15-16H2,1-5H3,(H,26,29)/t17-/m1/s1. The molecule has 2 amide bonds. The minimum atomic E-state index is -0.625. The van der Waals surface area contributed by atoms with Gasteiger partial charge in [-0.1, -0.05) is 56.6 Å². The summed E-state index contributed by atoms with van der Waals surface area (Å²) in [5.74, 6) is 0.159. The Morgan fingerprint density at radius 2 is 1.67 bits per heavy atom. The first-order valence-corrected chi connectivity index (χ1v) is 10.5. The number of nitrogens with one attached hydrogen (secondary N) is 1. The second-order valence-corrected chi connectivity index (χ2v) is 8.72. The largest absolute Gasteiger partial charge is 0.484 e. The van der Waals surface area contributed by atoms with Gasteiger partial charge in [0.15, 0.2) is 6.61 Å². The van der Waals surface area contributed by atoms with E-state index >= 15 is 0 Å². The molecule has 0 spiro atoms. The first-order chi connectivity index (χ1) is 14.1. The Morgan fingerprint density at radius 3 is 2.20 bits per heavy atom. The number of amides is 2. The number of carbonyl (C=O) groups excluding carboxylic acids is 2. The molecule has 0 heterocycles. The lowest BCUT2D eigenvalue weighted by Crippen LogP contribution is -2.49. The number of likely N-dealkylation sites (N-methyl/N-ethyl adjacent to an activating group) is 1. The van der Waals surface area contributed by atoms with Gasteiger partial charge in [0.25, 0.3) is 5.91 Å². The van der Waals surface area contributed by atoms with Gasteiger partial charge in [0.05, 0.1) is 0 Å². The fraction of sp³-hybridized carbons (Fsp3) is 0.417. The molecule has 1 atom stereocenters. The summed E-state index contributed by atoms with van der Waals surface area (Å²) in [6.45, 7) is 10.6. The Bertz CT molecular complexity index is 842. The first-order valence-electron chi connectivity index (χ1n) is 10.2. The summed E-state index contributed by atoms with van der Waals surface area (Å²) in [7, 11) is 0. The molecule has 0 fully saturated rings. The maximum absolute atomic E-state index is 13.0. The molecule has 2 rings (SSSR count). The molecule has 0 saturated heterocycles. The molecular formula is C24H31ClN2O3. The molecule has 162 valence electrons. The SMILES string of the molecule is CCNC(=O)[C@@H](C)N(Cc1ccc(Cl)cc1)C(=O)COc1ccc(C(C)(C)C)cc1. The molecule has 30 heavy (non-hydrogen) atoms. The molecule has 1 N–H and O–H groups in total. The van der Waals surface area contributed by atoms with Gasteiger partial charge in [0, 0.05) is 18.1 Å². The van der Waals surface area contributed by atoms with Crippen LogP contribution in [0.4, 0.5) is 0 Å². The zero-order chi connectivity index (χ0) is 22.3. The van der Waals surface area contributed by atoms with E-state index in [-0.39, 0.29) is 23.8 Å². The molecule has 0 aliphatic rings. The van der Waals surface area contributed by atoms with E-state index in [0.29, 0.717) is 23.9 Å². The van der Waals surface area contributed by atoms with Crippen LogP contribution in [0.1, 0.15) is 45.7 Å². The number of rotatable bonds is 8. The topological polar surface area (TPSA) is 58.6 Å². The van der Waals surface area contributed by atoms with E-state index < -0.39 is 6.04 Å². The summed E-state index contributed by atoms with van der Waals surface area (Å²) in [4.78, 5) is 26.9. The average molecular weight is 431 g/mol. The molecule has 0 aromatic heterocycles. The number of benzene rings is 2. The lowest BCUT2D eigenvalue weighted by atomic mass is 9.87. The second-order valence-electron chi connectivity index (χ2n) is 8.28. The van der Waals surface area contributed by atoms with Gasteiger partial charge < -0.3 is 15.0 Å². The molecule has 2 aromatic rings. The van der Waals surface area contributed by atoms with Crippen molar-refractivity contribution in [3.8, 4) is 5.75 Å². The summed E-state index contributed by atoms with van der Waals surface area (Å²) >= 11 is 5.96. The Kier molecular flexibility index (Phi) is 8.30. The van der Waals surface area contributed by atoms with Gasteiger partial charge >= 0.3 is 0 Å². The van der Waals surface area contributed by atoms with Crippen molar-refractivity contribution in [2.45, 2.75) is 52.6 Å². The maximum Gasteiger partial charge on any atom is 0.261 e. The zero-order valence-corrected chi connectivity index (χ0v) is 19.1. The number of hydrogen-bond acceptors (Lipinski definition) is 3. The zero-order valence-electron chi connectivity index (χ0n) is 18.4. The third-order valence-electron chi connectivity index (χ3n) is 4.87. The molecule has 0 radical (unpaired) electrons. The van der Waals surface area contributed by atoms with E-state index in [0.717, 1.165) is 5.56 Å². The van der Waals surface area contributed by atoms with Gasteiger partial charge in [-0.3, -0.25) is 9.59 Å². The second kappa shape index (κ2) is 10.5. The Balaban J connectivity index is 2.11. The molecule has 0 unspecified atom stereocenters. The molecule has 0 bridgehead atoms. The lowest BCUT2D eigenvalue weighted by molar-refractivity contribution is -0.142. The van der Waals surface area contributed by atoms with Gasteiger partial charge in [0.1, 0.15) is 11.8 Å². The number of nitrogens with zero attached hydrogens (tertiary/aromatic N) is 1. The van der Waals surface area contributed by atoms with Crippen LogP contribution in [0.3, 0.4) is 0 Å². The highest BCUT2D eigenvalue weighted by molar-refractivity contribution is 6.30. The normalized spacial score (nSPS) is 12.2. The van der Waals surface area contributed by atoms with Crippen LogP contribution in [0.25, 0.3) is 0 Å². The summed E-state index contributed by atoms with van der Waals surface area (Å²) in [6.07, 6.45) is 0.